The van der Waals surface area contributed by atoms with Crippen molar-refractivity contribution < 1.29 is 0 Å². The lowest BCUT2D eigenvalue weighted by molar-refractivity contribution is 0.728. The van der Waals surface area contributed by atoms with Gasteiger partial charge in [0.2, 0.25) is 0 Å². The van der Waals surface area contributed by atoms with Crippen LogP contribution in [0.25, 0.3) is 0 Å². The molecule has 1 atom stereocenters. The zero-order valence-corrected chi connectivity index (χ0v) is 10.3. The third-order valence-electron chi connectivity index (χ3n) is 2.37. The predicted octanol–water partition coefficient (Wildman–Crippen LogP) is 4.10. The summed E-state index contributed by atoms with van der Waals surface area (Å²) < 4.78 is 1.89. The molecule has 0 aliphatic carbocycles. The molecule has 0 aliphatic rings. The summed E-state index contributed by atoms with van der Waals surface area (Å²) >= 11 is 12.1. The summed E-state index contributed by atoms with van der Waals surface area (Å²) in [7, 11) is 0. The van der Waals surface area contributed by atoms with Crippen LogP contribution in [0.5, 0.6) is 0 Å². The second kappa shape index (κ2) is 4.81. The summed E-state index contributed by atoms with van der Waals surface area (Å²) in [6.45, 7) is 2.04. The van der Waals surface area contributed by atoms with Crippen molar-refractivity contribution in [3.05, 3.63) is 58.3 Å². The van der Waals surface area contributed by atoms with Crippen molar-refractivity contribution in [2.75, 3.05) is 5.43 Å². The quantitative estimate of drug-likeness (QED) is 0.873. The minimum absolute atomic E-state index is 0.0959. The molecule has 0 saturated carbocycles. The Balaban J connectivity index is 2.20. The summed E-state index contributed by atoms with van der Waals surface area (Å²) in [5, 5.41) is 1.41. The third kappa shape index (κ3) is 2.52. The van der Waals surface area contributed by atoms with Crippen LogP contribution in [-0.2, 0) is 0 Å². The topological polar surface area (TPSA) is 17.0 Å². The number of nitrogens with one attached hydrogen (secondary N) is 1. The molecule has 1 aromatic carbocycles. The third-order valence-corrected chi connectivity index (χ3v) is 2.95. The molecule has 0 fully saturated rings. The normalized spacial score (nSPS) is 12.4. The average molecular weight is 255 g/mol. The molecule has 0 aliphatic heterocycles. The minimum atomic E-state index is 0.0959. The van der Waals surface area contributed by atoms with E-state index < -0.39 is 0 Å². The van der Waals surface area contributed by atoms with Crippen molar-refractivity contribution in [1.82, 2.24) is 4.68 Å². The van der Waals surface area contributed by atoms with E-state index >= 15 is 0 Å². The molecule has 2 rings (SSSR count). The Bertz CT molecular complexity index is 466. The maximum atomic E-state index is 6.12. The highest BCUT2D eigenvalue weighted by molar-refractivity contribution is 6.33. The summed E-state index contributed by atoms with van der Waals surface area (Å²) in [4.78, 5) is 0. The van der Waals surface area contributed by atoms with E-state index in [4.69, 9.17) is 23.2 Å². The van der Waals surface area contributed by atoms with Crippen LogP contribution >= 0.6 is 23.2 Å². The van der Waals surface area contributed by atoms with Crippen molar-refractivity contribution in [2.45, 2.75) is 13.0 Å². The molecule has 0 bridgehead atoms. The van der Waals surface area contributed by atoms with E-state index in [1.54, 1.807) is 6.07 Å². The number of benzene rings is 1. The first-order chi connectivity index (χ1) is 7.66. The lowest BCUT2D eigenvalue weighted by Gasteiger charge is -2.17. The Morgan fingerprint density at radius 2 is 1.88 bits per heavy atom. The molecule has 1 unspecified atom stereocenters. The van der Waals surface area contributed by atoms with Crippen LogP contribution in [0.15, 0.2) is 42.7 Å². The molecule has 1 aromatic heterocycles. The molecule has 1 N–H and O–H groups in total. The van der Waals surface area contributed by atoms with E-state index in [9.17, 15) is 0 Å². The van der Waals surface area contributed by atoms with Gasteiger partial charge in [-0.05, 0) is 42.8 Å². The fraction of sp³-hybridized carbons (Fsp3) is 0.167. The summed E-state index contributed by atoms with van der Waals surface area (Å²) in [5.41, 5.74) is 4.27. The Labute approximate surface area is 105 Å². The smallest absolute Gasteiger partial charge is 0.0660 e. The summed E-state index contributed by atoms with van der Waals surface area (Å²) in [6, 6.07) is 9.49. The zero-order chi connectivity index (χ0) is 11.5. The molecule has 0 spiro atoms. The molecule has 16 heavy (non-hydrogen) atoms. The van der Waals surface area contributed by atoms with E-state index in [1.165, 1.54) is 0 Å². The highest BCUT2D eigenvalue weighted by atomic mass is 35.5. The van der Waals surface area contributed by atoms with Gasteiger partial charge in [0.05, 0.1) is 6.04 Å². The standard InChI is InChI=1S/C12H12Cl2N2/c1-9(15-16-6-2-3-7-16)11-8-10(13)4-5-12(11)14/h2-9,15H,1H3. The predicted molar refractivity (Wildman–Crippen MR) is 68.7 cm³/mol. The Hall–Kier alpha value is -1.12. The molecular weight excluding hydrogens is 243 g/mol. The largest absolute Gasteiger partial charge is 0.319 e. The molecule has 0 radical (unpaired) electrons. The Morgan fingerprint density at radius 3 is 2.56 bits per heavy atom. The maximum Gasteiger partial charge on any atom is 0.0660 e. The number of aromatic nitrogens is 1. The van der Waals surface area contributed by atoms with Crippen molar-refractivity contribution in [1.29, 1.82) is 0 Å². The number of halogens is 2. The van der Waals surface area contributed by atoms with Gasteiger partial charge in [0, 0.05) is 22.4 Å². The van der Waals surface area contributed by atoms with Gasteiger partial charge in [-0.2, -0.15) is 0 Å². The van der Waals surface area contributed by atoms with Crippen LogP contribution in [0.4, 0.5) is 0 Å². The van der Waals surface area contributed by atoms with Gasteiger partial charge in [0.1, 0.15) is 0 Å². The van der Waals surface area contributed by atoms with Gasteiger partial charge >= 0.3 is 0 Å². The van der Waals surface area contributed by atoms with Crippen LogP contribution in [-0.4, -0.2) is 4.68 Å². The number of nitrogens with zero attached hydrogens (tertiary/aromatic N) is 1. The lowest BCUT2D eigenvalue weighted by atomic mass is 10.1. The number of hydrogen-bond donors (Lipinski definition) is 1. The van der Waals surface area contributed by atoms with Gasteiger partial charge < -0.3 is 5.43 Å². The molecule has 2 nitrogen and oxygen atoms in total. The van der Waals surface area contributed by atoms with Crippen LogP contribution in [0.2, 0.25) is 10.0 Å². The molecule has 0 amide bonds. The first-order valence-corrected chi connectivity index (χ1v) is 5.77. The second-order valence-corrected chi connectivity index (χ2v) is 4.45. The monoisotopic (exact) mass is 254 g/mol. The van der Waals surface area contributed by atoms with E-state index in [0.717, 1.165) is 10.6 Å². The lowest BCUT2D eigenvalue weighted by Crippen LogP contribution is -2.17. The first-order valence-electron chi connectivity index (χ1n) is 5.01. The van der Waals surface area contributed by atoms with Gasteiger partial charge in [-0.3, -0.25) is 4.68 Å². The molecule has 2 aromatic rings. The molecule has 84 valence electrons. The number of rotatable bonds is 3. The Kier molecular flexibility index (Phi) is 3.42. The fourth-order valence-corrected chi connectivity index (χ4v) is 2.02. The van der Waals surface area contributed by atoms with Gasteiger partial charge in [-0.15, -0.1) is 0 Å². The van der Waals surface area contributed by atoms with Crippen molar-refractivity contribution in [3.63, 3.8) is 0 Å². The SMILES string of the molecule is CC(Nn1cccc1)c1cc(Cl)ccc1Cl. The highest BCUT2D eigenvalue weighted by Crippen LogP contribution is 2.26. The summed E-state index contributed by atoms with van der Waals surface area (Å²) in [6.07, 6.45) is 3.88. The van der Waals surface area contributed by atoms with Crippen molar-refractivity contribution >= 4 is 23.2 Å². The van der Waals surface area contributed by atoms with E-state index in [2.05, 4.69) is 5.43 Å². The summed E-state index contributed by atoms with van der Waals surface area (Å²) in [5.74, 6) is 0. The van der Waals surface area contributed by atoms with Crippen LogP contribution < -0.4 is 5.43 Å². The molecule has 1 heterocycles. The van der Waals surface area contributed by atoms with Crippen molar-refractivity contribution in [2.24, 2.45) is 0 Å². The second-order valence-electron chi connectivity index (χ2n) is 3.61. The number of hydrogen-bond acceptors (Lipinski definition) is 1. The molecule has 4 heteroatoms. The van der Waals surface area contributed by atoms with E-state index in [1.807, 2.05) is 48.3 Å². The molecular formula is C12H12Cl2N2. The van der Waals surface area contributed by atoms with Crippen molar-refractivity contribution in [3.8, 4) is 0 Å². The van der Waals surface area contributed by atoms with E-state index in [0.29, 0.717) is 5.02 Å². The maximum absolute atomic E-state index is 6.12. The van der Waals surface area contributed by atoms with Crippen LogP contribution in [0, 0.1) is 0 Å². The fourth-order valence-electron chi connectivity index (χ4n) is 1.56. The van der Waals surface area contributed by atoms with Gasteiger partial charge in [-0.1, -0.05) is 23.2 Å². The van der Waals surface area contributed by atoms with Gasteiger partial charge in [0.25, 0.3) is 0 Å². The minimum Gasteiger partial charge on any atom is -0.319 e. The van der Waals surface area contributed by atoms with Gasteiger partial charge in [-0.25, -0.2) is 0 Å². The van der Waals surface area contributed by atoms with Crippen LogP contribution in [0.1, 0.15) is 18.5 Å². The average Bonchev–Trinajstić information content (AvgIpc) is 2.74. The zero-order valence-electron chi connectivity index (χ0n) is 8.82. The highest BCUT2D eigenvalue weighted by Gasteiger charge is 2.09. The Morgan fingerprint density at radius 1 is 1.19 bits per heavy atom. The van der Waals surface area contributed by atoms with Gasteiger partial charge in [0.15, 0.2) is 0 Å². The van der Waals surface area contributed by atoms with Crippen LogP contribution in [0.3, 0.4) is 0 Å². The molecule has 0 saturated heterocycles. The first kappa shape index (κ1) is 11.4. The van der Waals surface area contributed by atoms with E-state index in [-0.39, 0.29) is 6.04 Å².